The minimum Gasteiger partial charge on any atom is -0.396 e. The molecule has 1 unspecified atom stereocenters. The molecule has 0 saturated heterocycles. The SMILES string of the molecule is C=CCOC(CO)(CO)C(C)CO. The van der Waals surface area contributed by atoms with E-state index in [4.69, 9.17) is 20.1 Å². The highest BCUT2D eigenvalue weighted by Crippen LogP contribution is 2.20. The van der Waals surface area contributed by atoms with Gasteiger partial charge in [0.15, 0.2) is 0 Å². The predicted molar refractivity (Wildman–Crippen MR) is 49.3 cm³/mol. The summed E-state index contributed by atoms with van der Waals surface area (Å²) in [6, 6.07) is 0. The molecule has 0 aliphatic rings. The summed E-state index contributed by atoms with van der Waals surface area (Å²) in [5.74, 6) is -0.317. The molecule has 78 valence electrons. The lowest BCUT2D eigenvalue weighted by Gasteiger charge is -2.34. The molecule has 0 heterocycles. The summed E-state index contributed by atoms with van der Waals surface area (Å²) in [6.07, 6.45) is 1.53. The number of ether oxygens (including phenoxy) is 1. The van der Waals surface area contributed by atoms with E-state index >= 15 is 0 Å². The quantitative estimate of drug-likeness (QED) is 0.475. The number of aliphatic hydroxyl groups excluding tert-OH is 3. The van der Waals surface area contributed by atoms with Crippen LogP contribution in [0.15, 0.2) is 12.7 Å². The highest BCUT2D eigenvalue weighted by Gasteiger charge is 2.35. The Morgan fingerprint density at radius 2 is 1.92 bits per heavy atom. The zero-order valence-corrected chi connectivity index (χ0v) is 7.94. The smallest absolute Gasteiger partial charge is 0.119 e. The number of rotatable bonds is 7. The first kappa shape index (κ1) is 12.6. The molecule has 4 heteroatoms. The normalized spacial score (nSPS) is 14.2. The van der Waals surface area contributed by atoms with Crippen LogP contribution in [-0.2, 0) is 4.74 Å². The van der Waals surface area contributed by atoms with Crippen molar-refractivity contribution in [1.29, 1.82) is 0 Å². The Bertz CT molecular complexity index is 143. The molecule has 0 fully saturated rings. The van der Waals surface area contributed by atoms with E-state index in [1.54, 1.807) is 6.92 Å². The van der Waals surface area contributed by atoms with Gasteiger partial charge in [-0.15, -0.1) is 6.58 Å². The van der Waals surface area contributed by atoms with E-state index in [9.17, 15) is 0 Å². The van der Waals surface area contributed by atoms with Gasteiger partial charge in [-0.05, 0) is 0 Å². The first-order chi connectivity index (χ1) is 6.16. The third-order valence-electron chi connectivity index (χ3n) is 2.20. The van der Waals surface area contributed by atoms with Crippen molar-refractivity contribution < 1.29 is 20.1 Å². The van der Waals surface area contributed by atoms with Gasteiger partial charge in [0.05, 0.1) is 19.8 Å². The summed E-state index contributed by atoms with van der Waals surface area (Å²) < 4.78 is 5.25. The molecule has 0 amide bonds. The lowest BCUT2D eigenvalue weighted by molar-refractivity contribution is -0.139. The van der Waals surface area contributed by atoms with Gasteiger partial charge in [-0.2, -0.15) is 0 Å². The summed E-state index contributed by atoms with van der Waals surface area (Å²) in [7, 11) is 0. The van der Waals surface area contributed by atoms with Gasteiger partial charge in [0.2, 0.25) is 0 Å². The van der Waals surface area contributed by atoms with Crippen LogP contribution in [0.1, 0.15) is 6.92 Å². The average molecular weight is 190 g/mol. The largest absolute Gasteiger partial charge is 0.396 e. The molecule has 0 spiro atoms. The fourth-order valence-electron chi connectivity index (χ4n) is 0.986. The third kappa shape index (κ3) is 3.08. The van der Waals surface area contributed by atoms with Gasteiger partial charge in [0.1, 0.15) is 5.60 Å². The highest BCUT2D eigenvalue weighted by molar-refractivity contribution is 4.86. The van der Waals surface area contributed by atoms with Crippen molar-refractivity contribution in [3.8, 4) is 0 Å². The molecule has 0 aromatic heterocycles. The molecule has 0 bridgehead atoms. The van der Waals surface area contributed by atoms with E-state index in [2.05, 4.69) is 6.58 Å². The second-order valence-corrected chi connectivity index (χ2v) is 3.06. The standard InChI is InChI=1S/C9H18O4/c1-3-4-13-9(6-11,7-12)8(2)5-10/h3,8,10-12H,1,4-7H2,2H3. The third-order valence-corrected chi connectivity index (χ3v) is 2.20. The summed E-state index contributed by atoms with van der Waals surface area (Å²) in [5.41, 5.74) is -1.07. The van der Waals surface area contributed by atoms with Crippen molar-refractivity contribution in [1.82, 2.24) is 0 Å². The maximum Gasteiger partial charge on any atom is 0.119 e. The molecule has 0 aliphatic heterocycles. The molecular weight excluding hydrogens is 172 g/mol. The number of hydrogen-bond acceptors (Lipinski definition) is 4. The van der Waals surface area contributed by atoms with Crippen LogP contribution in [0.4, 0.5) is 0 Å². The van der Waals surface area contributed by atoms with Gasteiger partial charge in [0, 0.05) is 12.5 Å². The molecule has 4 nitrogen and oxygen atoms in total. The Morgan fingerprint density at radius 3 is 2.23 bits per heavy atom. The van der Waals surface area contributed by atoms with Crippen LogP contribution in [-0.4, -0.2) is 47.3 Å². The summed E-state index contributed by atoms with van der Waals surface area (Å²) in [6.45, 7) is 4.63. The predicted octanol–water partition coefficient (Wildman–Crippen LogP) is -0.459. The van der Waals surface area contributed by atoms with Crippen molar-refractivity contribution in [3.05, 3.63) is 12.7 Å². The van der Waals surface area contributed by atoms with E-state index in [0.29, 0.717) is 0 Å². The van der Waals surface area contributed by atoms with Crippen LogP contribution in [0.25, 0.3) is 0 Å². The highest BCUT2D eigenvalue weighted by atomic mass is 16.5. The summed E-state index contributed by atoms with van der Waals surface area (Å²) in [5, 5.41) is 27.1. The maximum absolute atomic E-state index is 9.07. The second-order valence-electron chi connectivity index (χ2n) is 3.06. The van der Waals surface area contributed by atoms with Crippen molar-refractivity contribution in [2.24, 2.45) is 5.92 Å². The van der Waals surface area contributed by atoms with Gasteiger partial charge in [-0.25, -0.2) is 0 Å². The van der Waals surface area contributed by atoms with Crippen molar-refractivity contribution >= 4 is 0 Å². The average Bonchev–Trinajstić information content (AvgIpc) is 2.19. The Morgan fingerprint density at radius 1 is 1.38 bits per heavy atom. The van der Waals surface area contributed by atoms with Crippen molar-refractivity contribution in [2.45, 2.75) is 12.5 Å². The summed E-state index contributed by atoms with van der Waals surface area (Å²) in [4.78, 5) is 0. The second kappa shape index (κ2) is 6.10. The van der Waals surface area contributed by atoms with E-state index in [1.807, 2.05) is 0 Å². The molecule has 0 saturated carbocycles. The van der Waals surface area contributed by atoms with E-state index in [1.165, 1.54) is 6.08 Å². The molecule has 0 aromatic carbocycles. The Kier molecular flexibility index (Phi) is 5.90. The first-order valence-corrected chi connectivity index (χ1v) is 4.24. The Hall–Kier alpha value is -0.420. The van der Waals surface area contributed by atoms with Gasteiger partial charge in [-0.3, -0.25) is 0 Å². The number of hydrogen-bond donors (Lipinski definition) is 3. The molecule has 13 heavy (non-hydrogen) atoms. The molecule has 3 N–H and O–H groups in total. The lowest BCUT2D eigenvalue weighted by atomic mass is 9.91. The molecule has 0 aliphatic carbocycles. The van der Waals surface area contributed by atoms with E-state index in [-0.39, 0.29) is 32.3 Å². The van der Waals surface area contributed by atoms with Crippen LogP contribution in [0.5, 0.6) is 0 Å². The minimum atomic E-state index is -1.07. The van der Waals surface area contributed by atoms with E-state index in [0.717, 1.165) is 0 Å². The molecule has 0 aromatic rings. The van der Waals surface area contributed by atoms with Crippen LogP contribution < -0.4 is 0 Å². The number of aliphatic hydroxyl groups is 3. The van der Waals surface area contributed by atoms with Crippen LogP contribution in [0.3, 0.4) is 0 Å². The van der Waals surface area contributed by atoms with Gasteiger partial charge in [0.25, 0.3) is 0 Å². The molecule has 1 atom stereocenters. The molecule has 0 rings (SSSR count). The fraction of sp³-hybridized carbons (Fsp3) is 0.778. The minimum absolute atomic E-state index is 0.141. The lowest BCUT2D eigenvalue weighted by Crippen LogP contribution is -2.48. The summed E-state index contributed by atoms with van der Waals surface area (Å²) >= 11 is 0. The zero-order valence-electron chi connectivity index (χ0n) is 7.94. The van der Waals surface area contributed by atoms with Gasteiger partial charge >= 0.3 is 0 Å². The van der Waals surface area contributed by atoms with Crippen molar-refractivity contribution in [2.75, 3.05) is 26.4 Å². The fourth-order valence-corrected chi connectivity index (χ4v) is 0.986. The first-order valence-electron chi connectivity index (χ1n) is 4.24. The maximum atomic E-state index is 9.07. The topological polar surface area (TPSA) is 69.9 Å². The van der Waals surface area contributed by atoms with Gasteiger partial charge < -0.3 is 20.1 Å². The van der Waals surface area contributed by atoms with Crippen LogP contribution in [0, 0.1) is 5.92 Å². The monoisotopic (exact) mass is 190 g/mol. The van der Waals surface area contributed by atoms with E-state index < -0.39 is 5.60 Å². The molecular formula is C9H18O4. The zero-order chi connectivity index (χ0) is 10.3. The van der Waals surface area contributed by atoms with Gasteiger partial charge in [-0.1, -0.05) is 13.0 Å². The Labute approximate surface area is 78.5 Å². The van der Waals surface area contributed by atoms with Crippen molar-refractivity contribution in [3.63, 3.8) is 0 Å². The van der Waals surface area contributed by atoms with Crippen LogP contribution >= 0.6 is 0 Å². The Balaban J connectivity index is 4.37. The van der Waals surface area contributed by atoms with Crippen LogP contribution in [0.2, 0.25) is 0 Å². The molecule has 0 radical (unpaired) electrons.